The SMILES string of the molecule is COc1c(Br)cc(Cl)cc1NC(=O)c1ccc(CBr)cc1. The summed E-state index contributed by atoms with van der Waals surface area (Å²) >= 11 is 12.7. The van der Waals surface area contributed by atoms with Crippen molar-refractivity contribution in [1.29, 1.82) is 0 Å². The number of benzene rings is 2. The van der Waals surface area contributed by atoms with Crippen LogP contribution in [-0.4, -0.2) is 13.0 Å². The van der Waals surface area contributed by atoms with E-state index in [1.807, 2.05) is 12.1 Å². The number of anilines is 1. The average molecular weight is 434 g/mol. The quantitative estimate of drug-likeness (QED) is 0.668. The number of halogens is 3. The van der Waals surface area contributed by atoms with Crippen LogP contribution in [0.3, 0.4) is 0 Å². The van der Waals surface area contributed by atoms with E-state index in [0.717, 1.165) is 10.9 Å². The molecule has 0 bridgehead atoms. The van der Waals surface area contributed by atoms with Crippen molar-refractivity contribution in [3.05, 3.63) is 57.0 Å². The number of rotatable bonds is 4. The van der Waals surface area contributed by atoms with Crippen LogP contribution in [0.4, 0.5) is 5.69 Å². The van der Waals surface area contributed by atoms with E-state index in [1.54, 1.807) is 24.3 Å². The van der Waals surface area contributed by atoms with Gasteiger partial charge in [-0.1, -0.05) is 39.7 Å². The van der Waals surface area contributed by atoms with E-state index in [9.17, 15) is 4.79 Å². The van der Waals surface area contributed by atoms with Crippen molar-refractivity contribution in [3.8, 4) is 5.75 Å². The lowest BCUT2D eigenvalue weighted by Gasteiger charge is -2.12. The van der Waals surface area contributed by atoms with E-state index < -0.39 is 0 Å². The summed E-state index contributed by atoms with van der Waals surface area (Å²) in [5, 5.41) is 4.07. The summed E-state index contributed by atoms with van der Waals surface area (Å²) in [4.78, 5) is 12.3. The summed E-state index contributed by atoms with van der Waals surface area (Å²) in [5.74, 6) is 0.313. The summed E-state index contributed by atoms with van der Waals surface area (Å²) in [6.45, 7) is 0. The number of alkyl halides is 1. The predicted octanol–water partition coefficient (Wildman–Crippen LogP) is 5.26. The fourth-order valence-electron chi connectivity index (χ4n) is 1.80. The lowest BCUT2D eigenvalue weighted by Crippen LogP contribution is -2.12. The second-order valence-corrected chi connectivity index (χ2v) is 6.10. The number of nitrogens with one attached hydrogen (secondary N) is 1. The highest BCUT2D eigenvalue weighted by molar-refractivity contribution is 9.10. The Morgan fingerprint density at radius 1 is 1.29 bits per heavy atom. The van der Waals surface area contributed by atoms with Crippen molar-refractivity contribution in [2.45, 2.75) is 5.33 Å². The van der Waals surface area contributed by atoms with E-state index in [4.69, 9.17) is 16.3 Å². The van der Waals surface area contributed by atoms with Gasteiger partial charge >= 0.3 is 0 Å². The second-order valence-electron chi connectivity index (χ2n) is 4.25. The van der Waals surface area contributed by atoms with Crippen molar-refractivity contribution < 1.29 is 9.53 Å². The monoisotopic (exact) mass is 431 g/mol. The maximum absolute atomic E-state index is 12.3. The number of ether oxygens (including phenoxy) is 1. The van der Waals surface area contributed by atoms with Gasteiger partial charge in [-0.05, 0) is 45.8 Å². The molecule has 3 nitrogen and oxygen atoms in total. The van der Waals surface area contributed by atoms with Crippen LogP contribution in [0, 0.1) is 0 Å². The Bertz CT molecular complexity index is 659. The smallest absolute Gasteiger partial charge is 0.255 e. The maximum Gasteiger partial charge on any atom is 0.255 e. The van der Waals surface area contributed by atoms with Crippen LogP contribution in [0.2, 0.25) is 5.02 Å². The van der Waals surface area contributed by atoms with Crippen molar-refractivity contribution in [3.63, 3.8) is 0 Å². The zero-order chi connectivity index (χ0) is 15.4. The Morgan fingerprint density at radius 2 is 1.95 bits per heavy atom. The minimum Gasteiger partial charge on any atom is -0.493 e. The van der Waals surface area contributed by atoms with E-state index in [2.05, 4.69) is 37.2 Å². The van der Waals surface area contributed by atoms with Gasteiger partial charge in [0, 0.05) is 15.9 Å². The van der Waals surface area contributed by atoms with Crippen LogP contribution < -0.4 is 10.1 Å². The topological polar surface area (TPSA) is 38.3 Å². The van der Waals surface area contributed by atoms with Gasteiger partial charge in [-0.25, -0.2) is 0 Å². The summed E-state index contributed by atoms with van der Waals surface area (Å²) in [5.41, 5.74) is 2.19. The molecule has 1 amide bonds. The molecular formula is C15H12Br2ClNO2. The van der Waals surface area contributed by atoms with Gasteiger partial charge in [-0.3, -0.25) is 4.79 Å². The molecule has 0 unspecified atom stereocenters. The highest BCUT2D eigenvalue weighted by atomic mass is 79.9. The third-order valence-electron chi connectivity index (χ3n) is 2.83. The van der Waals surface area contributed by atoms with Gasteiger partial charge in [-0.2, -0.15) is 0 Å². The fourth-order valence-corrected chi connectivity index (χ4v) is 3.15. The van der Waals surface area contributed by atoms with Gasteiger partial charge in [0.2, 0.25) is 0 Å². The number of hydrogen-bond donors (Lipinski definition) is 1. The molecule has 0 saturated carbocycles. The third kappa shape index (κ3) is 3.99. The molecule has 110 valence electrons. The molecule has 1 N–H and O–H groups in total. The minimum atomic E-state index is -0.219. The van der Waals surface area contributed by atoms with E-state index in [1.165, 1.54) is 7.11 Å². The molecule has 0 aliphatic rings. The van der Waals surface area contributed by atoms with Crippen molar-refractivity contribution in [2.24, 2.45) is 0 Å². The average Bonchev–Trinajstić information content (AvgIpc) is 2.47. The van der Waals surface area contributed by atoms with Crippen LogP contribution in [0.15, 0.2) is 40.9 Å². The maximum atomic E-state index is 12.3. The van der Waals surface area contributed by atoms with Crippen LogP contribution in [-0.2, 0) is 5.33 Å². The number of methoxy groups -OCH3 is 1. The van der Waals surface area contributed by atoms with Gasteiger partial charge in [0.05, 0.1) is 17.3 Å². The molecule has 0 saturated heterocycles. The van der Waals surface area contributed by atoms with E-state index >= 15 is 0 Å². The third-order valence-corrected chi connectivity index (χ3v) is 4.29. The van der Waals surface area contributed by atoms with Gasteiger partial charge in [0.1, 0.15) is 0 Å². The molecule has 0 aliphatic heterocycles. The summed E-state index contributed by atoms with van der Waals surface area (Å²) in [6.07, 6.45) is 0. The molecular weight excluding hydrogens is 421 g/mol. The highest BCUT2D eigenvalue weighted by Crippen LogP contribution is 2.36. The van der Waals surface area contributed by atoms with Crippen LogP contribution in [0.5, 0.6) is 5.75 Å². The summed E-state index contributed by atoms with van der Waals surface area (Å²) < 4.78 is 5.96. The number of carbonyl (C=O) groups is 1. The minimum absolute atomic E-state index is 0.219. The Balaban J connectivity index is 2.26. The van der Waals surface area contributed by atoms with Gasteiger partial charge in [0.15, 0.2) is 5.75 Å². The zero-order valence-corrected chi connectivity index (χ0v) is 15.0. The predicted molar refractivity (Wildman–Crippen MR) is 92.7 cm³/mol. The first-order valence-corrected chi connectivity index (χ1v) is 8.33. The molecule has 0 radical (unpaired) electrons. The van der Waals surface area contributed by atoms with Crippen LogP contribution in [0.25, 0.3) is 0 Å². The summed E-state index contributed by atoms with van der Waals surface area (Å²) in [6, 6.07) is 10.7. The molecule has 2 aromatic carbocycles. The molecule has 2 rings (SSSR count). The Hall–Kier alpha value is -1.04. The highest BCUT2D eigenvalue weighted by Gasteiger charge is 2.13. The largest absolute Gasteiger partial charge is 0.493 e. The molecule has 0 spiro atoms. The fraction of sp³-hybridized carbons (Fsp3) is 0.133. The van der Waals surface area contributed by atoms with Crippen molar-refractivity contribution in [1.82, 2.24) is 0 Å². The number of carbonyl (C=O) groups excluding carboxylic acids is 1. The number of amides is 1. The van der Waals surface area contributed by atoms with Crippen LogP contribution >= 0.6 is 43.5 Å². The summed E-state index contributed by atoms with van der Waals surface area (Å²) in [7, 11) is 1.54. The van der Waals surface area contributed by atoms with E-state index in [0.29, 0.717) is 26.5 Å². The van der Waals surface area contributed by atoms with E-state index in [-0.39, 0.29) is 5.91 Å². The first kappa shape index (κ1) is 16.3. The molecule has 21 heavy (non-hydrogen) atoms. The molecule has 2 aromatic rings. The lowest BCUT2D eigenvalue weighted by molar-refractivity contribution is 0.102. The molecule has 0 fully saturated rings. The molecule has 0 heterocycles. The van der Waals surface area contributed by atoms with Crippen molar-refractivity contribution >= 4 is 55.1 Å². The second kappa shape index (κ2) is 7.29. The Labute approximate surface area is 144 Å². The first-order chi connectivity index (χ1) is 10.0. The lowest BCUT2D eigenvalue weighted by atomic mass is 10.1. The number of hydrogen-bond acceptors (Lipinski definition) is 2. The zero-order valence-electron chi connectivity index (χ0n) is 11.1. The van der Waals surface area contributed by atoms with Gasteiger partial charge in [-0.15, -0.1) is 0 Å². The van der Waals surface area contributed by atoms with Crippen molar-refractivity contribution in [2.75, 3.05) is 12.4 Å². The molecule has 6 heteroatoms. The Kier molecular flexibility index (Phi) is 5.67. The standard InChI is InChI=1S/C15H12Br2ClNO2/c1-21-14-12(17)6-11(18)7-13(14)19-15(20)10-4-2-9(8-16)3-5-10/h2-7H,8H2,1H3,(H,19,20). The molecule has 0 aliphatic carbocycles. The Morgan fingerprint density at radius 3 is 2.52 bits per heavy atom. The van der Waals surface area contributed by atoms with Gasteiger partial charge in [0.25, 0.3) is 5.91 Å². The van der Waals surface area contributed by atoms with Gasteiger partial charge < -0.3 is 10.1 Å². The molecule has 0 aromatic heterocycles. The first-order valence-electron chi connectivity index (χ1n) is 6.04. The normalized spacial score (nSPS) is 10.3. The van der Waals surface area contributed by atoms with Crippen LogP contribution in [0.1, 0.15) is 15.9 Å². The molecule has 0 atom stereocenters.